The lowest BCUT2D eigenvalue weighted by Gasteiger charge is -2.12. The van der Waals surface area contributed by atoms with E-state index in [0.717, 1.165) is 6.07 Å². The molecule has 1 rings (SSSR count). The van der Waals surface area contributed by atoms with Gasteiger partial charge in [0.25, 0.3) is 5.91 Å². The molecule has 0 saturated carbocycles. The van der Waals surface area contributed by atoms with Gasteiger partial charge >= 0.3 is 0 Å². The van der Waals surface area contributed by atoms with Crippen molar-refractivity contribution in [1.29, 1.82) is 0 Å². The standard InChI is InChI=1S/C12H16FNO3/c1-8(15)10-5-4-9(6-11(10)13)17-7-12(16)14(2)3/h4-6,8,15H,7H2,1-3H3/t8-/m0/s1. The molecule has 1 amide bonds. The van der Waals surface area contributed by atoms with Crippen LogP contribution in [0.4, 0.5) is 4.39 Å². The van der Waals surface area contributed by atoms with E-state index in [1.165, 1.54) is 24.0 Å². The number of rotatable bonds is 4. The number of hydrogen-bond donors (Lipinski definition) is 1. The number of aliphatic hydroxyl groups excluding tert-OH is 1. The van der Waals surface area contributed by atoms with E-state index in [-0.39, 0.29) is 23.8 Å². The molecule has 0 unspecified atom stereocenters. The van der Waals surface area contributed by atoms with Gasteiger partial charge in [-0.2, -0.15) is 0 Å². The van der Waals surface area contributed by atoms with Crippen LogP contribution in [0.1, 0.15) is 18.6 Å². The van der Waals surface area contributed by atoms with Crippen LogP contribution in [0, 0.1) is 5.82 Å². The fourth-order valence-electron chi connectivity index (χ4n) is 1.21. The Morgan fingerprint density at radius 1 is 1.53 bits per heavy atom. The van der Waals surface area contributed by atoms with Gasteiger partial charge in [-0.25, -0.2) is 4.39 Å². The van der Waals surface area contributed by atoms with Crippen molar-refractivity contribution in [3.63, 3.8) is 0 Å². The van der Waals surface area contributed by atoms with E-state index in [1.807, 2.05) is 0 Å². The lowest BCUT2D eigenvalue weighted by atomic mass is 10.1. The average Bonchev–Trinajstić information content (AvgIpc) is 2.25. The Labute approximate surface area is 99.6 Å². The number of halogens is 1. The zero-order valence-electron chi connectivity index (χ0n) is 10.1. The summed E-state index contributed by atoms with van der Waals surface area (Å²) in [4.78, 5) is 12.6. The summed E-state index contributed by atoms with van der Waals surface area (Å²) in [5, 5.41) is 9.24. The van der Waals surface area contributed by atoms with Crippen molar-refractivity contribution in [2.24, 2.45) is 0 Å². The van der Waals surface area contributed by atoms with Crippen LogP contribution in [0.5, 0.6) is 5.75 Å². The molecule has 1 aromatic carbocycles. The second-order valence-electron chi connectivity index (χ2n) is 3.94. The van der Waals surface area contributed by atoms with Gasteiger partial charge in [-0.3, -0.25) is 4.79 Å². The Balaban J connectivity index is 2.68. The van der Waals surface area contributed by atoms with Crippen molar-refractivity contribution in [2.45, 2.75) is 13.0 Å². The maximum absolute atomic E-state index is 13.4. The molecule has 4 nitrogen and oxygen atoms in total. The van der Waals surface area contributed by atoms with Gasteiger partial charge in [0.2, 0.25) is 0 Å². The lowest BCUT2D eigenvalue weighted by Crippen LogP contribution is -2.27. The number of ether oxygens (including phenoxy) is 1. The minimum atomic E-state index is -0.868. The van der Waals surface area contributed by atoms with Gasteiger partial charge < -0.3 is 14.7 Å². The van der Waals surface area contributed by atoms with Crippen LogP contribution in [-0.4, -0.2) is 36.6 Å². The third-order valence-corrected chi connectivity index (χ3v) is 2.28. The summed E-state index contributed by atoms with van der Waals surface area (Å²) in [5.41, 5.74) is 0.205. The largest absolute Gasteiger partial charge is 0.484 e. The Bertz CT molecular complexity index is 405. The number of carbonyl (C=O) groups is 1. The van der Waals surface area contributed by atoms with Gasteiger partial charge in [-0.05, 0) is 19.1 Å². The third kappa shape index (κ3) is 3.71. The Hall–Kier alpha value is -1.62. The van der Waals surface area contributed by atoms with Crippen LogP contribution < -0.4 is 4.74 Å². The van der Waals surface area contributed by atoms with Gasteiger partial charge in [0.1, 0.15) is 11.6 Å². The summed E-state index contributed by atoms with van der Waals surface area (Å²) >= 11 is 0. The molecule has 0 bridgehead atoms. The van der Waals surface area contributed by atoms with E-state index in [1.54, 1.807) is 14.1 Å². The third-order valence-electron chi connectivity index (χ3n) is 2.28. The van der Waals surface area contributed by atoms with Crippen LogP contribution in [0.3, 0.4) is 0 Å². The number of likely N-dealkylation sites (N-methyl/N-ethyl adjacent to an activating group) is 1. The van der Waals surface area contributed by atoms with Crippen LogP contribution in [0.25, 0.3) is 0 Å². The fourth-order valence-corrected chi connectivity index (χ4v) is 1.21. The van der Waals surface area contributed by atoms with E-state index in [2.05, 4.69) is 0 Å². The molecule has 17 heavy (non-hydrogen) atoms. The second-order valence-corrected chi connectivity index (χ2v) is 3.94. The summed E-state index contributed by atoms with van der Waals surface area (Å²) in [7, 11) is 3.23. The molecule has 1 atom stereocenters. The van der Waals surface area contributed by atoms with Gasteiger partial charge in [-0.1, -0.05) is 0 Å². The topological polar surface area (TPSA) is 49.8 Å². The highest BCUT2D eigenvalue weighted by Gasteiger charge is 2.10. The van der Waals surface area contributed by atoms with Crippen molar-refractivity contribution in [2.75, 3.05) is 20.7 Å². The number of benzene rings is 1. The Morgan fingerprint density at radius 2 is 2.18 bits per heavy atom. The zero-order valence-corrected chi connectivity index (χ0v) is 10.1. The average molecular weight is 241 g/mol. The first kappa shape index (κ1) is 13.4. The minimum absolute atomic E-state index is 0.138. The molecule has 1 N–H and O–H groups in total. The quantitative estimate of drug-likeness (QED) is 0.865. The SMILES string of the molecule is C[C@H](O)c1ccc(OCC(=O)N(C)C)cc1F. The molecule has 0 aromatic heterocycles. The van der Waals surface area contributed by atoms with Crippen molar-refractivity contribution >= 4 is 5.91 Å². The van der Waals surface area contributed by atoms with E-state index < -0.39 is 11.9 Å². The normalized spacial score (nSPS) is 12.1. The van der Waals surface area contributed by atoms with Gasteiger partial charge in [0.05, 0.1) is 6.10 Å². The van der Waals surface area contributed by atoms with Crippen LogP contribution >= 0.6 is 0 Å². The molecule has 0 heterocycles. The maximum atomic E-state index is 13.4. The van der Waals surface area contributed by atoms with Gasteiger partial charge in [0, 0.05) is 25.7 Å². The first-order valence-electron chi connectivity index (χ1n) is 5.22. The molecule has 0 aliphatic carbocycles. The number of nitrogens with zero attached hydrogens (tertiary/aromatic N) is 1. The Kier molecular flexibility index (Phi) is 4.45. The number of amides is 1. The van der Waals surface area contributed by atoms with Crippen LogP contribution in [-0.2, 0) is 4.79 Å². The van der Waals surface area contributed by atoms with Gasteiger partial charge in [0.15, 0.2) is 6.61 Å². The number of hydrogen-bond acceptors (Lipinski definition) is 3. The highest BCUT2D eigenvalue weighted by molar-refractivity contribution is 5.77. The predicted octanol–water partition coefficient (Wildman–Crippen LogP) is 1.35. The molecule has 0 fully saturated rings. The molecular formula is C12H16FNO3. The highest BCUT2D eigenvalue weighted by Crippen LogP contribution is 2.21. The molecule has 0 spiro atoms. The van der Waals surface area contributed by atoms with Crippen molar-refractivity contribution in [3.8, 4) is 5.75 Å². The molecule has 94 valence electrons. The molecule has 1 aromatic rings. The molecule has 0 saturated heterocycles. The van der Waals surface area contributed by atoms with Crippen molar-refractivity contribution in [1.82, 2.24) is 4.90 Å². The van der Waals surface area contributed by atoms with E-state index >= 15 is 0 Å². The Morgan fingerprint density at radius 3 is 2.65 bits per heavy atom. The smallest absolute Gasteiger partial charge is 0.259 e. The highest BCUT2D eigenvalue weighted by atomic mass is 19.1. The zero-order chi connectivity index (χ0) is 13.0. The molecule has 0 aliphatic heterocycles. The molecule has 0 radical (unpaired) electrons. The van der Waals surface area contributed by atoms with E-state index in [0.29, 0.717) is 0 Å². The predicted molar refractivity (Wildman–Crippen MR) is 61.2 cm³/mol. The summed E-state index contributed by atoms with van der Waals surface area (Å²) in [6.45, 7) is 1.34. The van der Waals surface area contributed by atoms with Crippen LogP contribution in [0.15, 0.2) is 18.2 Å². The minimum Gasteiger partial charge on any atom is -0.484 e. The first-order valence-corrected chi connectivity index (χ1v) is 5.22. The van der Waals surface area contributed by atoms with Crippen LogP contribution in [0.2, 0.25) is 0 Å². The summed E-state index contributed by atoms with van der Waals surface area (Å²) in [5.74, 6) is -0.484. The summed E-state index contributed by atoms with van der Waals surface area (Å²) < 4.78 is 18.6. The monoisotopic (exact) mass is 241 g/mol. The van der Waals surface area contributed by atoms with E-state index in [4.69, 9.17) is 4.74 Å². The second kappa shape index (κ2) is 5.63. The fraction of sp³-hybridized carbons (Fsp3) is 0.417. The number of carbonyl (C=O) groups excluding carboxylic acids is 1. The van der Waals surface area contributed by atoms with E-state index in [9.17, 15) is 14.3 Å². The molecular weight excluding hydrogens is 225 g/mol. The van der Waals surface area contributed by atoms with Crippen molar-refractivity contribution < 1.29 is 19.0 Å². The van der Waals surface area contributed by atoms with Gasteiger partial charge in [-0.15, -0.1) is 0 Å². The van der Waals surface area contributed by atoms with Crippen molar-refractivity contribution in [3.05, 3.63) is 29.6 Å². The maximum Gasteiger partial charge on any atom is 0.259 e. The number of aliphatic hydroxyl groups is 1. The molecule has 5 heteroatoms. The summed E-state index contributed by atoms with van der Waals surface area (Å²) in [6, 6.07) is 4.12. The summed E-state index contributed by atoms with van der Waals surface area (Å²) in [6.07, 6.45) is -0.868. The lowest BCUT2D eigenvalue weighted by molar-refractivity contribution is -0.130. The first-order chi connectivity index (χ1) is 7.91. The molecule has 0 aliphatic rings.